The molecule has 0 saturated carbocycles. The van der Waals surface area contributed by atoms with Crippen molar-refractivity contribution in [3.05, 3.63) is 36.0 Å². The molecule has 5 nitrogen and oxygen atoms in total. The third-order valence-corrected chi connectivity index (χ3v) is 5.02. The molecule has 2 aromatic rings. The minimum atomic E-state index is -3.73. The maximum Gasteiger partial charge on any atom is 0.242 e. The minimum Gasteiger partial charge on any atom is -0.391 e. The Bertz CT molecular complexity index is 780. The van der Waals surface area contributed by atoms with Gasteiger partial charge in [-0.25, -0.2) is 13.1 Å². The number of rotatable bonds is 4. The van der Waals surface area contributed by atoms with E-state index in [1.165, 1.54) is 6.07 Å². The first-order chi connectivity index (χ1) is 10.1. The maximum atomic E-state index is 12.5. The van der Waals surface area contributed by atoms with Gasteiger partial charge in [0, 0.05) is 18.1 Å². The molecule has 2 N–H and O–H groups in total. The Labute approximate surface area is 131 Å². The van der Waals surface area contributed by atoms with Crippen molar-refractivity contribution in [2.24, 2.45) is 5.41 Å². The molecule has 120 valence electrons. The van der Waals surface area contributed by atoms with Crippen molar-refractivity contribution in [3.8, 4) is 0 Å². The molecular weight excluding hydrogens is 300 g/mol. The second-order valence-electron chi connectivity index (χ2n) is 6.57. The number of nitrogens with zero attached hydrogens (tertiary/aromatic N) is 1. The predicted molar refractivity (Wildman–Crippen MR) is 87.1 cm³/mol. The number of hydrogen-bond acceptors (Lipinski definition) is 4. The van der Waals surface area contributed by atoms with Crippen LogP contribution in [0.3, 0.4) is 0 Å². The number of aliphatic hydroxyl groups is 1. The normalized spacial score (nSPS) is 14.2. The smallest absolute Gasteiger partial charge is 0.242 e. The van der Waals surface area contributed by atoms with Gasteiger partial charge in [0.25, 0.3) is 0 Å². The SMILES string of the molecule is Cc1cnc2c(S(=O)(=O)NCC(O)C(C)(C)C)cccc2c1. The number of hydrogen-bond donors (Lipinski definition) is 2. The van der Waals surface area contributed by atoms with Crippen molar-refractivity contribution < 1.29 is 13.5 Å². The molecule has 0 spiro atoms. The lowest BCUT2D eigenvalue weighted by Gasteiger charge is -2.25. The molecule has 0 aliphatic rings. The maximum absolute atomic E-state index is 12.5. The van der Waals surface area contributed by atoms with Crippen molar-refractivity contribution in [2.75, 3.05) is 6.54 Å². The van der Waals surface area contributed by atoms with Crippen LogP contribution in [0.1, 0.15) is 26.3 Å². The van der Waals surface area contributed by atoms with E-state index in [1.54, 1.807) is 12.3 Å². The number of benzene rings is 1. The van der Waals surface area contributed by atoms with Crippen molar-refractivity contribution in [3.63, 3.8) is 0 Å². The molecule has 1 heterocycles. The number of aliphatic hydroxyl groups excluding tert-OH is 1. The molecule has 1 atom stereocenters. The molecule has 1 unspecified atom stereocenters. The molecule has 0 saturated heterocycles. The number of sulfonamides is 1. The van der Waals surface area contributed by atoms with E-state index in [0.717, 1.165) is 10.9 Å². The summed E-state index contributed by atoms with van der Waals surface area (Å²) in [5.41, 5.74) is 1.01. The van der Waals surface area contributed by atoms with Crippen LogP contribution in [0.4, 0.5) is 0 Å². The summed E-state index contributed by atoms with van der Waals surface area (Å²) < 4.78 is 27.5. The van der Waals surface area contributed by atoms with Crippen molar-refractivity contribution >= 4 is 20.9 Å². The molecular formula is C16H22N2O3S. The first-order valence-electron chi connectivity index (χ1n) is 7.14. The fourth-order valence-corrected chi connectivity index (χ4v) is 3.25. The van der Waals surface area contributed by atoms with E-state index in [4.69, 9.17) is 0 Å². The van der Waals surface area contributed by atoms with Crippen LogP contribution < -0.4 is 4.72 Å². The van der Waals surface area contributed by atoms with Crippen LogP contribution in [0.2, 0.25) is 0 Å². The highest BCUT2D eigenvalue weighted by atomic mass is 32.2. The van der Waals surface area contributed by atoms with E-state index >= 15 is 0 Å². The highest BCUT2D eigenvalue weighted by Crippen LogP contribution is 2.23. The number of aryl methyl sites for hydroxylation is 1. The number of fused-ring (bicyclic) bond motifs is 1. The number of nitrogens with one attached hydrogen (secondary N) is 1. The van der Waals surface area contributed by atoms with E-state index in [1.807, 2.05) is 39.8 Å². The summed E-state index contributed by atoms with van der Waals surface area (Å²) in [5, 5.41) is 10.8. The van der Waals surface area contributed by atoms with Crippen LogP contribution in [0, 0.1) is 12.3 Å². The molecule has 1 aromatic heterocycles. The van der Waals surface area contributed by atoms with Crippen LogP contribution in [0.25, 0.3) is 10.9 Å². The van der Waals surface area contributed by atoms with Gasteiger partial charge in [-0.1, -0.05) is 32.9 Å². The van der Waals surface area contributed by atoms with Gasteiger partial charge in [-0.05, 0) is 30.0 Å². The number of pyridine rings is 1. The Kier molecular flexibility index (Phi) is 4.56. The van der Waals surface area contributed by atoms with Crippen molar-refractivity contribution in [1.82, 2.24) is 9.71 Å². The summed E-state index contributed by atoms with van der Waals surface area (Å²) in [6.07, 6.45) is 0.873. The van der Waals surface area contributed by atoms with Crippen LogP contribution in [0.5, 0.6) is 0 Å². The monoisotopic (exact) mass is 322 g/mol. The zero-order valence-corrected chi connectivity index (χ0v) is 14.1. The van der Waals surface area contributed by atoms with Crippen LogP contribution in [0.15, 0.2) is 35.4 Å². The Morgan fingerprint density at radius 1 is 1.32 bits per heavy atom. The number of aromatic nitrogens is 1. The molecule has 0 amide bonds. The van der Waals surface area contributed by atoms with E-state index in [0.29, 0.717) is 5.52 Å². The lowest BCUT2D eigenvalue weighted by Crippen LogP contribution is -2.39. The standard InChI is InChI=1S/C16H22N2O3S/c1-11-8-12-6-5-7-13(15(12)17-9-11)22(20,21)18-10-14(19)16(2,3)4/h5-9,14,18-19H,10H2,1-4H3. The van der Waals surface area contributed by atoms with E-state index in [9.17, 15) is 13.5 Å². The van der Waals surface area contributed by atoms with E-state index in [-0.39, 0.29) is 11.4 Å². The Morgan fingerprint density at radius 3 is 2.64 bits per heavy atom. The Balaban J connectivity index is 2.34. The molecule has 0 aliphatic carbocycles. The Hall–Kier alpha value is -1.50. The zero-order chi connectivity index (χ0) is 16.5. The molecule has 2 rings (SSSR count). The lowest BCUT2D eigenvalue weighted by molar-refractivity contribution is 0.0677. The van der Waals surface area contributed by atoms with Crippen molar-refractivity contribution in [2.45, 2.75) is 38.7 Å². The van der Waals surface area contributed by atoms with Crippen LogP contribution in [-0.4, -0.2) is 31.2 Å². The van der Waals surface area contributed by atoms with Gasteiger partial charge >= 0.3 is 0 Å². The molecule has 6 heteroatoms. The van der Waals surface area contributed by atoms with Crippen LogP contribution >= 0.6 is 0 Å². The second kappa shape index (κ2) is 5.95. The molecule has 0 aliphatic heterocycles. The predicted octanol–water partition coefficient (Wildman–Crippen LogP) is 2.23. The molecule has 0 radical (unpaired) electrons. The fourth-order valence-electron chi connectivity index (χ4n) is 2.03. The second-order valence-corrected chi connectivity index (χ2v) is 8.31. The highest BCUT2D eigenvalue weighted by molar-refractivity contribution is 7.89. The first kappa shape index (κ1) is 16.9. The van der Waals surface area contributed by atoms with Crippen LogP contribution in [-0.2, 0) is 10.0 Å². The molecule has 22 heavy (non-hydrogen) atoms. The summed E-state index contributed by atoms with van der Waals surface area (Å²) in [5.74, 6) is 0. The summed E-state index contributed by atoms with van der Waals surface area (Å²) in [6.45, 7) is 7.44. The van der Waals surface area contributed by atoms with Crippen molar-refractivity contribution in [1.29, 1.82) is 0 Å². The zero-order valence-electron chi connectivity index (χ0n) is 13.3. The summed E-state index contributed by atoms with van der Waals surface area (Å²) in [6, 6.07) is 6.94. The van der Waals surface area contributed by atoms with Gasteiger partial charge in [0.15, 0.2) is 0 Å². The van der Waals surface area contributed by atoms with E-state index < -0.39 is 21.5 Å². The summed E-state index contributed by atoms with van der Waals surface area (Å²) in [4.78, 5) is 4.37. The summed E-state index contributed by atoms with van der Waals surface area (Å²) in [7, 11) is -3.73. The third-order valence-electron chi connectivity index (χ3n) is 3.57. The topological polar surface area (TPSA) is 79.3 Å². The van der Waals surface area contributed by atoms with Gasteiger partial charge in [0.05, 0.1) is 11.6 Å². The molecule has 0 bridgehead atoms. The van der Waals surface area contributed by atoms with Gasteiger partial charge < -0.3 is 5.11 Å². The van der Waals surface area contributed by atoms with Gasteiger partial charge in [-0.15, -0.1) is 0 Å². The lowest BCUT2D eigenvalue weighted by atomic mass is 9.89. The Morgan fingerprint density at radius 2 is 2.00 bits per heavy atom. The average molecular weight is 322 g/mol. The van der Waals surface area contributed by atoms with Gasteiger partial charge in [0.2, 0.25) is 10.0 Å². The largest absolute Gasteiger partial charge is 0.391 e. The van der Waals surface area contributed by atoms with Gasteiger partial charge in [0.1, 0.15) is 4.90 Å². The van der Waals surface area contributed by atoms with Gasteiger partial charge in [-0.3, -0.25) is 4.98 Å². The first-order valence-corrected chi connectivity index (χ1v) is 8.63. The van der Waals surface area contributed by atoms with Gasteiger partial charge in [-0.2, -0.15) is 0 Å². The highest BCUT2D eigenvalue weighted by Gasteiger charge is 2.25. The third kappa shape index (κ3) is 3.63. The minimum absolute atomic E-state index is 0.0336. The average Bonchev–Trinajstić information content (AvgIpc) is 2.42. The van der Waals surface area contributed by atoms with E-state index in [2.05, 4.69) is 9.71 Å². The number of para-hydroxylation sites is 1. The quantitative estimate of drug-likeness (QED) is 0.904. The molecule has 0 fully saturated rings. The summed E-state index contributed by atoms with van der Waals surface area (Å²) >= 11 is 0. The molecule has 1 aromatic carbocycles. The fraction of sp³-hybridized carbons (Fsp3) is 0.438.